The summed E-state index contributed by atoms with van der Waals surface area (Å²) in [5, 5.41) is 57.5. The van der Waals surface area contributed by atoms with Gasteiger partial charge >= 0.3 is 5.97 Å². The first-order valence-corrected chi connectivity index (χ1v) is 21.9. The number of fused-ring (bicyclic) bond motifs is 3. The van der Waals surface area contributed by atoms with Gasteiger partial charge in [0.1, 0.15) is 17.7 Å². The van der Waals surface area contributed by atoms with E-state index in [9.17, 15) is 54.1 Å². The first kappa shape index (κ1) is 41.6. The highest BCUT2D eigenvalue weighted by Gasteiger charge is 2.41. The van der Waals surface area contributed by atoms with Crippen molar-refractivity contribution < 1.29 is 32.7 Å². The lowest BCUT2D eigenvalue weighted by Gasteiger charge is -2.09. The quantitative estimate of drug-likeness (QED) is 0.0428. The topological polar surface area (TPSA) is 237 Å². The molecule has 0 aromatic heterocycles. The average Bonchev–Trinajstić information content (AvgIpc) is 3.87. The second kappa shape index (κ2) is 17.9. The number of carbonyl (C=O) groups is 1. The Hall–Kier alpha value is -4.60. The Morgan fingerprint density at radius 2 is 1.35 bits per heavy atom. The molecule has 15 nitrogen and oxygen atoms in total. The van der Waals surface area contributed by atoms with E-state index in [4.69, 9.17) is 4.74 Å². The van der Waals surface area contributed by atoms with Gasteiger partial charge in [-0.25, -0.2) is 8.42 Å². The normalized spacial score (nSPS) is 14.6. The van der Waals surface area contributed by atoms with Crippen molar-refractivity contribution >= 4 is 85.5 Å². The number of rotatable bonds is 16. The monoisotopic (exact) mass is 841 g/mol. The molecule has 286 valence electrons. The molecule has 2 aromatic rings. The molecule has 0 bridgehead atoms. The fraction of sp³-hybridized carbons (Fsp3) is 0.343. The maximum Gasteiger partial charge on any atom is 0.312 e. The molecule has 55 heavy (non-hydrogen) atoms. The fourth-order valence-electron chi connectivity index (χ4n) is 6.03. The maximum absolute atomic E-state index is 13.6. The lowest BCUT2D eigenvalue weighted by Crippen LogP contribution is -2.13. The number of esters is 1. The molecule has 1 aliphatic carbocycles. The van der Waals surface area contributed by atoms with Gasteiger partial charge in [0.05, 0.1) is 57.5 Å². The van der Waals surface area contributed by atoms with Crippen molar-refractivity contribution in [3.63, 3.8) is 0 Å². The lowest BCUT2D eigenvalue weighted by atomic mass is 9.98. The van der Waals surface area contributed by atoms with Gasteiger partial charge < -0.3 is 4.74 Å². The van der Waals surface area contributed by atoms with Crippen LogP contribution in [0.1, 0.15) is 82.8 Å². The largest absolute Gasteiger partial charge is 0.418 e. The number of thioether (sulfide) groups is 4. The fourth-order valence-corrected chi connectivity index (χ4v) is 12.6. The summed E-state index contributed by atoms with van der Waals surface area (Å²) in [5.41, 5.74) is -5.56. The standard InChI is InChI=1S/C35H31N5O10S5/c1-3-5-7-9-27-28(10-8-6-4-2)53-35(52-27)34-51-19-30(54-34)50-29(41)11-12-55(48,49)22-15-24-31(20(17-36)18-37)23-13-21(38(42)43)14-25(39(44)45)32(23)33(24)26(16-22)40(46)47/h13-16,19H,3-12H2,1-2H3. The second-order valence-corrected chi connectivity index (χ2v) is 19.0. The van der Waals surface area contributed by atoms with Crippen molar-refractivity contribution in [3.05, 3.63) is 100 Å². The third-order valence-corrected chi connectivity index (χ3v) is 15.8. The number of sulfone groups is 1. The number of nitrogens with zero attached hydrogens (tertiary/aromatic N) is 5. The molecule has 0 spiro atoms. The summed E-state index contributed by atoms with van der Waals surface area (Å²) in [5.74, 6) is -1.72. The molecular formula is C35H31N5O10S5. The van der Waals surface area contributed by atoms with E-state index in [-0.39, 0.29) is 5.09 Å². The Bertz CT molecular complexity index is 2300. The molecule has 3 aliphatic rings. The Kier molecular flexibility index (Phi) is 13.5. The number of ether oxygens (including phenoxy) is 1. The Balaban J connectivity index is 1.37. The first-order chi connectivity index (χ1) is 26.2. The van der Waals surface area contributed by atoms with E-state index >= 15 is 0 Å². The number of non-ortho nitro benzene ring substituents is 1. The van der Waals surface area contributed by atoms with E-state index in [2.05, 4.69) is 13.8 Å². The van der Waals surface area contributed by atoms with Gasteiger partial charge in [-0.15, -0.1) is 0 Å². The first-order valence-electron chi connectivity index (χ1n) is 16.9. The highest BCUT2D eigenvalue weighted by atomic mass is 32.2. The van der Waals surface area contributed by atoms with Gasteiger partial charge in [0.2, 0.25) is 0 Å². The van der Waals surface area contributed by atoms with Gasteiger partial charge in [0.25, 0.3) is 17.1 Å². The van der Waals surface area contributed by atoms with Crippen LogP contribution in [0.2, 0.25) is 0 Å². The summed E-state index contributed by atoms with van der Waals surface area (Å²) in [6.07, 6.45) is 8.18. The van der Waals surface area contributed by atoms with Gasteiger partial charge in [-0.1, -0.05) is 74.8 Å². The van der Waals surface area contributed by atoms with Crippen LogP contribution < -0.4 is 0 Å². The third kappa shape index (κ3) is 9.11. The molecule has 0 saturated carbocycles. The van der Waals surface area contributed by atoms with Gasteiger partial charge in [-0.3, -0.25) is 35.1 Å². The van der Waals surface area contributed by atoms with Crippen LogP contribution in [0, 0.1) is 53.0 Å². The molecule has 2 heterocycles. The summed E-state index contributed by atoms with van der Waals surface area (Å²) < 4.78 is 34.8. The number of allylic oxidation sites excluding steroid dienone is 3. The van der Waals surface area contributed by atoms with Gasteiger partial charge in [-0.05, 0) is 43.5 Å². The number of nitriles is 2. The molecule has 20 heteroatoms. The van der Waals surface area contributed by atoms with Crippen LogP contribution in [-0.4, -0.2) is 34.9 Å². The summed E-state index contributed by atoms with van der Waals surface area (Å²) in [4.78, 5) is 48.1. The molecule has 5 rings (SSSR count). The minimum atomic E-state index is -4.51. The molecule has 0 fully saturated rings. The van der Waals surface area contributed by atoms with E-state index in [0.717, 1.165) is 72.0 Å². The predicted molar refractivity (Wildman–Crippen MR) is 213 cm³/mol. The average molecular weight is 842 g/mol. The molecule has 0 N–H and O–H groups in total. The van der Waals surface area contributed by atoms with Crippen molar-refractivity contribution in [1.29, 1.82) is 10.5 Å². The van der Waals surface area contributed by atoms with Crippen LogP contribution >= 0.6 is 47.0 Å². The lowest BCUT2D eigenvalue weighted by molar-refractivity contribution is -0.394. The Morgan fingerprint density at radius 1 is 0.782 bits per heavy atom. The van der Waals surface area contributed by atoms with Crippen molar-refractivity contribution in [3.8, 4) is 23.3 Å². The number of nitro benzene ring substituents is 3. The van der Waals surface area contributed by atoms with Crippen LogP contribution in [0.15, 0.2) is 63.5 Å². The van der Waals surface area contributed by atoms with Crippen LogP contribution in [-0.2, 0) is 19.4 Å². The molecule has 2 aliphatic heterocycles. The number of hydrogen-bond donors (Lipinski definition) is 0. The highest BCUT2D eigenvalue weighted by molar-refractivity contribution is 8.33. The molecule has 0 radical (unpaired) electrons. The molecule has 2 aromatic carbocycles. The van der Waals surface area contributed by atoms with E-state index in [0.29, 0.717) is 12.1 Å². The van der Waals surface area contributed by atoms with E-state index in [1.165, 1.54) is 33.3 Å². The SMILES string of the molecule is CCCCCC1=C(CCCCC)SC(=C2SC=C(OC(=O)CCS(=O)(=O)c3cc4c(c([N+](=O)[O-])c3)-c3c(cc([N+](=O)[O-])cc3[N+](=O)[O-])C4=C(C#N)C#N)S2)S1. The summed E-state index contributed by atoms with van der Waals surface area (Å²) in [7, 11) is -4.51. The number of hydrogen-bond acceptors (Lipinski definition) is 16. The van der Waals surface area contributed by atoms with Crippen molar-refractivity contribution in [2.75, 3.05) is 5.75 Å². The van der Waals surface area contributed by atoms with Gasteiger partial charge in [0, 0.05) is 44.1 Å². The van der Waals surface area contributed by atoms with Crippen molar-refractivity contribution in [2.45, 2.75) is 76.5 Å². The third-order valence-electron chi connectivity index (χ3n) is 8.59. The van der Waals surface area contributed by atoms with Crippen LogP contribution in [0.4, 0.5) is 17.1 Å². The van der Waals surface area contributed by atoms with Crippen molar-refractivity contribution in [1.82, 2.24) is 0 Å². The predicted octanol–water partition coefficient (Wildman–Crippen LogP) is 10.2. The zero-order valence-electron chi connectivity index (χ0n) is 29.3. The molecular weight excluding hydrogens is 811 g/mol. The van der Waals surface area contributed by atoms with Crippen LogP contribution in [0.5, 0.6) is 0 Å². The van der Waals surface area contributed by atoms with Gasteiger partial charge in [0.15, 0.2) is 14.9 Å². The molecule has 0 atom stereocenters. The molecule has 0 unspecified atom stereocenters. The van der Waals surface area contributed by atoms with E-state index in [1.54, 1.807) is 41.1 Å². The molecule has 0 saturated heterocycles. The maximum atomic E-state index is 13.6. The minimum Gasteiger partial charge on any atom is -0.418 e. The van der Waals surface area contributed by atoms with E-state index < -0.39 is 98.1 Å². The highest BCUT2D eigenvalue weighted by Crippen LogP contribution is 2.60. The number of benzene rings is 2. The van der Waals surface area contributed by atoms with Gasteiger partial charge in [-0.2, -0.15) is 10.5 Å². The number of nitro groups is 3. The Labute approximate surface area is 332 Å². The zero-order valence-corrected chi connectivity index (χ0v) is 33.4. The van der Waals surface area contributed by atoms with Crippen LogP contribution in [0.25, 0.3) is 16.7 Å². The summed E-state index contributed by atoms with van der Waals surface area (Å²) >= 11 is 6.19. The minimum absolute atomic E-state index is 0.278. The molecule has 0 amide bonds. The number of carbonyl (C=O) groups excluding carboxylic acids is 1. The van der Waals surface area contributed by atoms with Crippen molar-refractivity contribution in [2.24, 2.45) is 0 Å². The summed E-state index contributed by atoms with van der Waals surface area (Å²) in [6.45, 7) is 4.34. The zero-order chi connectivity index (χ0) is 40.0. The second-order valence-electron chi connectivity index (χ2n) is 12.2. The number of unbranched alkanes of at least 4 members (excludes halogenated alkanes) is 4. The summed E-state index contributed by atoms with van der Waals surface area (Å²) in [6, 6.07) is 6.15. The van der Waals surface area contributed by atoms with Crippen LogP contribution in [0.3, 0.4) is 0 Å². The Morgan fingerprint density at radius 3 is 1.87 bits per heavy atom. The smallest absolute Gasteiger partial charge is 0.312 e. The van der Waals surface area contributed by atoms with E-state index in [1.807, 2.05) is 0 Å².